The Balaban J connectivity index is 0.00000162. The van der Waals surface area contributed by atoms with Gasteiger partial charge in [0.2, 0.25) is 0 Å². The Kier molecular flexibility index (Phi) is 7.79. The Hall–Kier alpha value is -0.450. The van der Waals surface area contributed by atoms with Crippen LogP contribution in [0.25, 0.3) is 10.8 Å². The second-order valence-corrected chi connectivity index (χ2v) is 5.68. The average molecular weight is 390 g/mol. The third-order valence-corrected chi connectivity index (χ3v) is 2.99. The fourth-order valence-electron chi connectivity index (χ4n) is 2.04. The first kappa shape index (κ1) is 18.6. The quantitative estimate of drug-likeness (QED) is 0.373. The molecule has 0 unspecified atom stereocenters. The highest BCUT2D eigenvalue weighted by Gasteiger charge is 2.09. The van der Waals surface area contributed by atoms with Gasteiger partial charge in [0.05, 0.1) is 34.1 Å². The Morgan fingerprint density at radius 2 is 1.58 bits per heavy atom. The zero-order valence-electron chi connectivity index (χ0n) is 11.8. The summed E-state index contributed by atoms with van der Waals surface area (Å²) in [5, 5.41) is 2.63. The molecule has 0 amide bonds. The summed E-state index contributed by atoms with van der Waals surface area (Å²) in [4.78, 5) is 0. The summed E-state index contributed by atoms with van der Waals surface area (Å²) in [5.41, 5.74) is 0. The van der Waals surface area contributed by atoms with Crippen molar-refractivity contribution in [3.63, 3.8) is 0 Å². The molecular formula is C15H22Br2N2. The van der Waals surface area contributed by atoms with Gasteiger partial charge in [-0.15, -0.1) is 0 Å². The van der Waals surface area contributed by atoms with Crippen LogP contribution in [0.2, 0.25) is 0 Å². The molecule has 0 saturated heterocycles. The van der Waals surface area contributed by atoms with Gasteiger partial charge in [0.25, 0.3) is 0 Å². The molecule has 0 N–H and O–H groups in total. The topological polar surface area (TPSA) is 3.88 Å². The summed E-state index contributed by atoms with van der Waals surface area (Å²) in [5.74, 6) is 0. The largest absolute Gasteiger partial charge is 1.00 e. The highest BCUT2D eigenvalue weighted by Crippen LogP contribution is 2.09. The maximum absolute atomic E-state index is 2.29. The first-order valence-electron chi connectivity index (χ1n) is 6.23. The van der Waals surface area contributed by atoms with Gasteiger partial charge in [0, 0.05) is 11.5 Å². The van der Waals surface area contributed by atoms with Gasteiger partial charge >= 0.3 is 0 Å². The number of hydrogen-bond acceptors (Lipinski definition) is 0. The smallest absolute Gasteiger partial charge is 0.176 e. The molecule has 0 fully saturated rings. The van der Waals surface area contributed by atoms with E-state index in [2.05, 4.69) is 68.4 Å². The number of halogens is 2. The maximum atomic E-state index is 2.29. The molecule has 1 aromatic heterocycles. The number of fused-ring (bicyclic) bond motifs is 1. The molecule has 2 aromatic rings. The van der Waals surface area contributed by atoms with Crippen LogP contribution in [0.1, 0.15) is 6.42 Å². The number of aromatic nitrogens is 1. The van der Waals surface area contributed by atoms with E-state index in [9.17, 15) is 0 Å². The summed E-state index contributed by atoms with van der Waals surface area (Å²) in [6, 6.07) is 10.7. The zero-order valence-corrected chi connectivity index (χ0v) is 15.0. The zero-order chi connectivity index (χ0) is 12.3. The Labute approximate surface area is 137 Å². The second-order valence-electron chi connectivity index (χ2n) is 5.68. The van der Waals surface area contributed by atoms with Crippen molar-refractivity contribution in [1.82, 2.24) is 0 Å². The molecule has 2 nitrogen and oxygen atoms in total. The lowest BCUT2D eigenvalue weighted by molar-refractivity contribution is -0.873. The highest BCUT2D eigenvalue weighted by atomic mass is 79.9. The van der Waals surface area contributed by atoms with Crippen molar-refractivity contribution in [2.45, 2.75) is 13.0 Å². The van der Waals surface area contributed by atoms with E-state index >= 15 is 0 Å². The first-order valence-corrected chi connectivity index (χ1v) is 6.23. The van der Waals surface area contributed by atoms with E-state index < -0.39 is 0 Å². The molecule has 0 aliphatic rings. The Morgan fingerprint density at radius 1 is 0.947 bits per heavy atom. The van der Waals surface area contributed by atoms with E-state index in [0.717, 1.165) is 11.0 Å². The number of aryl methyl sites for hydroxylation is 1. The highest BCUT2D eigenvalue weighted by molar-refractivity contribution is 5.80. The van der Waals surface area contributed by atoms with E-state index in [-0.39, 0.29) is 34.0 Å². The number of benzene rings is 1. The lowest BCUT2D eigenvalue weighted by Crippen LogP contribution is -3.00. The molecule has 0 aliphatic heterocycles. The van der Waals surface area contributed by atoms with E-state index in [1.807, 2.05) is 0 Å². The number of hydrogen-bond donors (Lipinski definition) is 0. The monoisotopic (exact) mass is 388 g/mol. The van der Waals surface area contributed by atoms with Crippen molar-refractivity contribution in [3.8, 4) is 0 Å². The van der Waals surface area contributed by atoms with Crippen molar-refractivity contribution in [2.24, 2.45) is 0 Å². The third kappa shape index (κ3) is 6.02. The van der Waals surface area contributed by atoms with Crippen LogP contribution in [0, 0.1) is 0 Å². The van der Waals surface area contributed by atoms with Gasteiger partial charge in [-0.3, -0.25) is 0 Å². The van der Waals surface area contributed by atoms with Crippen molar-refractivity contribution < 1.29 is 43.0 Å². The standard InChI is InChI=1S/C15H22N2.2BrH/c1-17(2,3)12-6-10-16-11-9-14-7-4-5-8-15(14)13-16;;/h4-5,7-9,11,13H,6,10,12H2,1-3H3;2*1H/q+2;;/p-2. The molecule has 0 bridgehead atoms. The van der Waals surface area contributed by atoms with Gasteiger partial charge in [-0.1, -0.05) is 18.2 Å². The van der Waals surface area contributed by atoms with Crippen LogP contribution >= 0.6 is 0 Å². The van der Waals surface area contributed by atoms with Crippen LogP contribution in [0.3, 0.4) is 0 Å². The van der Waals surface area contributed by atoms with Crippen LogP contribution in [-0.4, -0.2) is 32.2 Å². The minimum absolute atomic E-state index is 0. The van der Waals surface area contributed by atoms with Gasteiger partial charge in [-0.25, -0.2) is 4.57 Å². The molecule has 0 atom stereocenters. The molecular weight excluding hydrogens is 368 g/mol. The lowest BCUT2D eigenvalue weighted by atomic mass is 10.2. The average Bonchev–Trinajstić information content (AvgIpc) is 2.27. The third-order valence-electron chi connectivity index (χ3n) is 2.99. The summed E-state index contributed by atoms with van der Waals surface area (Å²) in [6.45, 7) is 2.31. The molecule has 4 heteroatoms. The summed E-state index contributed by atoms with van der Waals surface area (Å²) >= 11 is 0. The number of rotatable bonds is 4. The van der Waals surface area contributed by atoms with Crippen LogP contribution in [0.5, 0.6) is 0 Å². The van der Waals surface area contributed by atoms with Gasteiger partial charge in [0.1, 0.15) is 0 Å². The summed E-state index contributed by atoms with van der Waals surface area (Å²) in [6.07, 6.45) is 5.63. The number of nitrogens with zero attached hydrogens (tertiary/aromatic N) is 2. The van der Waals surface area contributed by atoms with Crippen molar-refractivity contribution in [2.75, 3.05) is 27.7 Å². The fraction of sp³-hybridized carbons (Fsp3) is 0.400. The predicted octanol–water partition coefficient (Wildman–Crippen LogP) is -3.77. The molecule has 0 spiro atoms. The Bertz CT molecular complexity index is 507. The van der Waals surface area contributed by atoms with E-state index in [0.29, 0.717) is 0 Å². The van der Waals surface area contributed by atoms with Crippen molar-refractivity contribution in [1.29, 1.82) is 0 Å². The predicted molar refractivity (Wildman–Crippen MR) is 71.7 cm³/mol. The molecule has 0 radical (unpaired) electrons. The minimum Gasteiger partial charge on any atom is -1.00 e. The summed E-state index contributed by atoms with van der Waals surface area (Å²) in [7, 11) is 6.72. The molecule has 106 valence electrons. The second kappa shape index (κ2) is 7.98. The first-order chi connectivity index (χ1) is 8.04. The summed E-state index contributed by atoms with van der Waals surface area (Å²) < 4.78 is 3.33. The Morgan fingerprint density at radius 3 is 2.21 bits per heavy atom. The van der Waals surface area contributed by atoms with Gasteiger partial charge in [-0.05, 0) is 11.5 Å². The van der Waals surface area contributed by atoms with E-state index in [1.54, 1.807) is 0 Å². The minimum atomic E-state index is 0. The van der Waals surface area contributed by atoms with Crippen molar-refractivity contribution >= 4 is 10.8 Å². The normalized spacial score (nSPS) is 10.7. The van der Waals surface area contributed by atoms with Crippen molar-refractivity contribution in [3.05, 3.63) is 42.7 Å². The molecule has 1 heterocycles. The molecule has 0 saturated carbocycles. The van der Waals surface area contributed by atoms with E-state index in [1.165, 1.54) is 23.7 Å². The molecule has 1 aromatic carbocycles. The number of pyridine rings is 1. The molecule has 0 aliphatic carbocycles. The molecule has 2 rings (SSSR count). The van der Waals surface area contributed by atoms with Crippen LogP contribution < -0.4 is 38.5 Å². The van der Waals surface area contributed by atoms with Crippen LogP contribution in [0.4, 0.5) is 0 Å². The van der Waals surface area contributed by atoms with Gasteiger partial charge in [0.15, 0.2) is 18.9 Å². The van der Waals surface area contributed by atoms with Crippen LogP contribution in [-0.2, 0) is 6.54 Å². The SMILES string of the molecule is C[N+](C)(C)CCC[n+]1ccc2ccccc2c1.[Br-].[Br-]. The van der Waals surface area contributed by atoms with E-state index in [4.69, 9.17) is 0 Å². The fourth-order valence-corrected chi connectivity index (χ4v) is 2.04. The lowest BCUT2D eigenvalue weighted by Gasteiger charge is -2.22. The van der Waals surface area contributed by atoms with Crippen LogP contribution in [0.15, 0.2) is 42.7 Å². The van der Waals surface area contributed by atoms with Gasteiger partial charge < -0.3 is 38.4 Å². The van der Waals surface area contributed by atoms with Gasteiger partial charge in [-0.2, -0.15) is 0 Å². The molecule has 19 heavy (non-hydrogen) atoms. The number of quaternary nitrogens is 1. The maximum Gasteiger partial charge on any atom is 0.176 e.